The molecule has 0 atom stereocenters. The van der Waals surface area contributed by atoms with Gasteiger partial charge in [0.2, 0.25) is 0 Å². The molecular formula is C19H15Cl2N3O3. The third-order valence-electron chi connectivity index (χ3n) is 3.61. The second kappa shape index (κ2) is 8.70. The Morgan fingerprint density at radius 1 is 1.04 bits per heavy atom. The van der Waals surface area contributed by atoms with Gasteiger partial charge in [-0.25, -0.2) is 4.68 Å². The number of rotatable bonds is 6. The Kier molecular flexibility index (Phi) is 6.11. The fraction of sp³-hybridized carbons (Fsp3) is 0.105. The molecule has 0 spiro atoms. The lowest BCUT2D eigenvalue weighted by atomic mass is 10.3. The number of ether oxygens (including phenoxy) is 1. The first-order valence-corrected chi connectivity index (χ1v) is 8.81. The van der Waals surface area contributed by atoms with Gasteiger partial charge in [0.05, 0.1) is 22.3 Å². The topological polar surface area (TPSA) is 73.2 Å². The van der Waals surface area contributed by atoms with E-state index >= 15 is 0 Å². The summed E-state index contributed by atoms with van der Waals surface area (Å²) in [5, 5.41) is 7.28. The van der Waals surface area contributed by atoms with Gasteiger partial charge in [-0.3, -0.25) is 9.59 Å². The molecule has 3 rings (SSSR count). The highest BCUT2D eigenvalue weighted by Gasteiger charge is 2.13. The fourth-order valence-electron chi connectivity index (χ4n) is 2.28. The molecular weight excluding hydrogens is 389 g/mol. The van der Waals surface area contributed by atoms with Gasteiger partial charge >= 0.3 is 0 Å². The monoisotopic (exact) mass is 403 g/mol. The molecule has 0 fully saturated rings. The lowest BCUT2D eigenvalue weighted by Crippen LogP contribution is -2.28. The van der Waals surface area contributed by atoms with Crippen LogP contribution in [-0.4, -0.2) is 22.3 Å². The molecule has 27 heavy (non-hydrogen) atoms. The van der Waals surface area contributed by atoms with Crippen LogP contribution in [0.1, 0.15) is 10.5 Å². The highest BCUT2D eigenvalue weighted by atomic mass is 35.5. The van der Waals surface area contributed by atoms with Gasteiger partial charge in [0.1, 0.15) is 18.1 Å². The normalized spacial score (nSPS) is 10.4. The molecule has 0 aliphatic heterocycles. The van der Waals surface area contributed by atoms with Crippen LogP contribution in [0.2, 0.25) is 10.0 Å². The first-order valence-electron chi connectivity index (χ1n) is 8.06. The van der Waals surface area contributed by atoms with Crippen LogP contribution in [0.25, 0.3) is 0 Å². The van der Waals surface area contributed by atoms with Gasteiger partial charge in [-0.15, -0.1) is 0 Å². The molecule has 0 saturated heterocycles. The minimum atomic E-state index is -0.503. The SMILES string of the molecule is O=C(Nc1cccc(Cl)c1Cl)c1ccc(=O)n(CCOc2ccccc2)n1. The van der Waals surface area contributed by atoms with E-state index < -0.39 is 5.91 Å². The van der Waals surface area contributed by atoms with Gasteiger partial charge in [0.15, 0.2) is 0 Å². The molecule has 1 amide bonds. The molecule has 0 aliphatic carbocycles. The van der Waals surface area contributed by atoms with Gasteiger partial charge in [-0.2, -0.15) is 5.10 Å². The zero-order valence-corrected chi connectivity index (χ0v) is 15.6. The van der Waals surface area contributed by atoms with Crippen molar-refractivity contribution in [3.63, 3.8) is 0 Å². The Hall–Kier alpha value is -2.83. The van der Waals surface area contributed by atoms with Gasteiger partial charge in [-0.05, 0) is 30.3 Å². The van der Waals surface area contributed by atoms with Crippen LogP contribution < -0.4 is 15.6 Å². The number of hydrogen-bond acceptors (Lipinski definition) is 4. The second-order valence-corrected chi connectivity index (χ2v) is 6.28. The Morgan fingerprint density at radius 3 is 2.59 bits per heavy atom. The van der Waals surface area contributed by atoms with Crippen LogP contribution in [0.4, 0.5) is 5.69 Å². The van der Waals surface area contributed by atoms with E-state index in [9.17, 15) is 9.59 Å². The number of para-hydroxylation sites is 1. The minimum Gasteiger partial charge on any atom is -0.492 e. The summed E-state index contributed by atoms with van der Waals surface area (Å²) in [7, 11) is 0. The highest BCUT2D eigenvalue weighted by Crippen LogP contribution is 2.29. The third-order valence-corrected chi connectivity index (χ3v) is 4.43. The van der Waals surface area contributed by atoms with Crippen LogP contribution in [0.5, 0.6) is 5.75 Å². The van der Waals surface area contributed by atoms with Gasteiger partial charge in [0.25, 0.3) is 11.5 Å². The summed E-state index contributed by atoms with van der Waals surface area (Å²) in [5.41, 5.74) is 0.107. The third kappa shape index (κ3) is 4.87. The van der Waals surface area contributed by atoms with E-state index in [4.69, 9.17) is 27.9 Å². The average Bonchev–Trinajstić information content (AvgIpc) is 2.67. The Balaban J connectivity index is 1.69. The van der Waals surface area contributed by atoms with E-state index in [-0.39, 0.29) is 29.4 Å². The molecule has 0 aliphatic rings. The van der Waals surface area contributed by atoms with Crippen LogP contribution >= 0.6 is 23.2 Å². The van der Waals surface area contributed by atoms with Crippen molar-refractivity contribution >= 4 is 34.8 Å². The van der Waals surface area contributed by atoms with E-state index in [1.54, 1.807) is 18.2 Å². The summed E-state index contributed by atoms with van der Waals surface area (Å²) in [6.45, 7) is 0.439. The molecule has 1 N–H and O–H groups in total. The second-order valence-electron chi connectivity index (χ2n) is 5.50. The maximum absolute atomic E-state index is 12.4. The summed E-state index contributed by atoms with van der Waals surface area (Å²) in [4.78, 5) is 24.4. The number of aromatic nitrogens is 2. The number of carbonyl (C=O) groups excluding carboxylic acids is 1. The Labute approximate surface area is 165 Å². The number of nitrogens with one attached hydrogen (secondary N) is 1. The predicted octanol–water partition coefficient (Wildman–Crippen LogP) is 3.88. The highest BCUT2D eigenvalue weighted by molar-refractivity contribution is 6.44. The molecule has 1 aromatic heterocycles. The summed E-state index contributed by atoms with van der Waals surface area (Å²) < 4.78 is 6.74. The number of amides is 1. The van der Waals surface area contributed by atoms with Crippen LogP contribution in [-0.2, 0) is 6.54 Å². The van der Waals surface area contributed by atoms with Crippen LogP contribution in [0.3, 0.4) is 0 Å². The molecule has 138 valence electrons. The summed E-state index contributed by atoms with van der Waals surface area (Å²) in [5.74, 6) is 0.187. The largest absolute Gasteiger partial charge is 0.492 e. The summed E-state index contributed by atoms with van der Waals surface area (Å²) in [6, 6.07) is 16.8. The van der Waals surface area contributed by atoms with Crippen molar-refractivity contribution in [2.45, 2.75) is 6.54 Å². The van der Waals surface area contributed by atoms with Crippen molar-refractivity contribution in [2.24, 2.45) is 0 Å². The van der Waals surface area contributed by atoms with Crippen molar-refractivity contribution in [1.29, 1.82) is 0 Å². The quantitative estimate of drug-likeness (QED) is 0.677. The standard InChI is InChI=1S/C19H15Cl2N3O3/c20-14-7-4-8-15(18(14)21)22-19(26)16-9-10-17(25)24(23-16)11-12-27-13-5-2-1-3-6-13/h1-10H,11-12H2,(H,22,26). The number of hydrogen-bond donors (Lipinski definition) is 1. The zero-order chi connectivity index (χ0) is 19.2. The number of benzene rings is 2. The molecule has 0 saturated carbocycles. The molecule has 6 nitrogen and oxygen atoms in total. The molecule has 0 bridgehead atoms. The maximum Gasteiger partial charge on any atom is 0.276 e. The Bertz CT molecular complexity index is 1010. The lowest BCUT2D eigenvalue weighted by Gasteiger charge is -2.10. The fourth-order valence-corrected chi connectivity index (χ4v) is 2.63. The molecule has 1 heterocycles. The maximum atomic E-state index is 12.4. The van der Waals surface area contributed by atoms with Crippen molar-refractivity contribution < 1.29 is 9.53 Å². The minimum absolute atomic E-state index is 0.0744. The molecule has 0 radical (unpaired) electrons. The van der Waals surface area contributed by atoms with Gasteiger partial charge in [-0.1, -0.05) is 47.5 Å². The van der Waals surface area contributed by atoms with E-state index in [0.717, 1.165) is 0 Å². The number of halogens is 2. The van der Waals surface area contributed by atoms with E-state index in [1.807, 2.05) is 30.3 Å². The van der Waals surface area contributed by atoms with Crippen molar-refractivity contribution in [2.75, 3.05) is 11.9 Å². The van der Waals surface area contributed by atoms with Crippen LogP contribution in [0.15, 0.2) is 65.5 Å². The summed E-state index contributed by atoms with van der Waals surface area (Å²) in [6.07, 6.45) is 0. The van der Waals surface area contributed by atoms with Crippen molar-refractivity contribution in [3.05, 3.63) is 86.8 Å². The number of nitrogens with zero attached hydrogens (tertiary/aromatic N) is 2. The summed E-state index contributed by atoms with van der Waals surface area (Å²) >= 11 is 12.0. The van der Waals surface area contributed by atoms with Crippen LogP contribution in [0, 0.1) is 0 Å². The van der Waals surface area contributed by atoms with E-state index in [2.05, 4.69) is 10.4 Å². The first-order chi connectivity index (χ1) is 13.0. The van der Waals surface area contributed by atoms with Gasteiger partial charge in [0, 0.05) is 6.07 Å². The number of anilines is 1. The van der Waals surface area contributed by atoms with E-state index in [0.29, 0.717) is 16.5 Å². The smallest absolute Gasteiger partial charge is 0.276 e. The van der Waals surface area contributed by atoms with Gasteiger partial charge < -0.3 is 10.1 Å². The zero-order valence-electron chi connectivity index (χ0n) is 14.1. The lowest BCUT2D eigenvalue weighted by molar-refractivity contribution is 0.101. The van der Waals surface area contributed by atoms with Crippen molar-refractivity contribution in [3.8, 4) is 5.75 Å². The number of carbonyl (C=O) groups is 1. The Morgan fingerprint density at radius 2 is 1.81 bits per heavy atom. The average molecular weight is 404 g/mol. The molecule has 8 heteroatoms. The predicted molar refractivity (Wildman–Crippen MR) is 105 cm³/mol. The molecule has 3 aromatic rings. The first kappa shape index (κ1) is 18.9. The van der Waals surface area contributed by atoms with Crippen molar-refractivity contribution in [1.82, 2.24) is 9.78 Å². The molecule has 2 aromatic carbocycles. The van der Waals surface area contributed by atoms with E-state index in [1.165, 1.54) is 16.8 Å². The molecule has 0 unspecified atom stereocenters.